The standard InChI is InChI=1S/C13H22N2O2/c1-3-7-14-13(16)15-8-5-12(6-9-15)11-17-10-4-2/h3-4,12H,1-2,5-11H2,(H,14,16). The number of hydrogen-bond acceptors (Lipinski definition) is 2. The van der Waals surface area contributed by atoms with Gasteiger partial charge in [0.05, 0.1) is 6.61 Å². The maximum atomic E-state index is 11.6. The number of nitrogens with one attached hydrogen (secondary N) is 1. The van der Waals surface area contributed by atoms with Gasteiger partial charge in [-0.2, -0.15) is 0 Å². The maximum absolute atomic E-state index is 11.6. The van der Waals surface area contributed by atoms with Gasteiger partial charge in [0.1, 0.15) is 0 Å². The van der Waals surface area contributed by atoms with E-state index in [1.807, 2.05) is 4.90 Å². The van der Waals surface area contributed by atoms with Crippen LogP contribution in [0.4, 0.5) is 4.79 Å². The van der Waals surface area contributed by atoms with Crippen LogP contribution in [0.5, 0.6) is 0 Å². The lowest BCUT2D eigenvalue weighted by Gasteiger charge is -2.31. The molecule has 1 rings (SSSR count). The number of rotatable bonds is 6. The van der Waals surface area contributed by atoms with E-state index in [-0.39, 0.29) is 6.03 Å². The third-order valence-electron chi connectivity index (χ3n) is 2.89. The van der Waals surface area contributed by atoms with Crippen LogP contribution in [-0.4, -0.2) is 43.8 Å². The van der Waals surface area contributed by atoms with Crippen molar-refractivity contribution >= 4 is 6.03 Å². The first-order valence-electron chi connectivity index (χ1n) is 6.10. The first-order valence-corrected chi connectivity index (χ1v) is 6.10. The first kappa shape index (κ1) is 13.8. The summed E-state index contributed by atoms with van der Waals surface area (Å²) >= 11 is 0. The third kappa shape index (κ3) is 5.04. The molecule has 96 valence electrons. The molecule has 2 amide bonds. The molecular weight excluding hydrogens is 216 g/mol. The summed E-state index contributed by atoms with van der Waals surface area (Å²) in [4.78, 5) is 13.5. The minimum absolute atomic E-state index is 0.00959. The van der Waals surface area contributed by atoms with Gasteiger partial charge in [-0.05, 0) is 18.8 Å². The molecule has 0 atom stereocenters. The fraction of sp³-hybridized carbons (Fsp3) is 0.615. The van der Waals surface area contributed by atoms with Crippen molar-refractivity contribution in [2.24, 2.45) is 5.92 Å². The van der Waals surface area contributed by atoms with Crippen LogP contribution >= 0.6 is 0 Å². The highest BCUT2D eigenvalue weighted by Crippen LogP contribution is 2.17. The highest BCUT2D eigenvalue weighted by Gasteiger charge is 2.22. The number of nitrogens with zero attached hydrogens (tertiary/aromatic N) is 1. The van der Waals surface area contributed by atoms with Crippen molar-refractivity contribution in [1.29, 1.82) is 0 Å². The lowest BCUT2D eigenvalue weighted by atomic mass is 9.98. The number of carbonyl (C=O) groups is 1. The van der Waals surface area contributed by atoms with Crippen molar-refractivity contribution in [2.75, 3.05) is 32.8 Å². The number of hydrogen-bond donors (Lipinski definition) is 1. The summed E-state index contributed by atoms with van der Waals surface area (Å²) in [7, 11) is 0. The van der Waals surface area contributed by atoms with E-state index in [1.54, 1.807) is 12.2 Å². The molecule has 1 saturated heterocycles. The van der Waals surface area contributed by atoms with Gasteiger partial charge in [-0.1, -0.05) is 12.2 Å². The smallest absolute Gasteiger partial charge is 0.317 e. The van der Waals surface area contributed by atoms with E-state index >= 15 is 0 Å². The van der Waals surface area contributed by atoms with Crippen molar-refractivity contribution in [3.8, 4) is 0 Å². The highest BCUT2D eigenvalue weighted by molar-refractivity contribution is 5.74. The molecule has 4 nitrogen and oxygen atoms in total. The van der Waals surface area contributed by atoms with Crippen LogP contribution in [0, 0.1) is 5.92 Å². The Morgan fingerprint density at radius 2 is 2.06 bits per heavy atom. The molecule has 1 fully saturated rings. The number of ether oxygens (including phenoxy) is 1. The van der Waals surface area contributed by atoms with E-state index in [2.05, 4.69) is 18.5 Å². The van der Waals surface area contributed by atoms with E-state index in [9.17, 15) is 4.79 Å². The average Bonchev–Trinajstić information content (AvgIpc) is 2.37. The SMILES string of the molecule is C=CCNC(=O)N1CCC(COCC=C)CC1. The normalized spacial score (nSPS) is 16.6. The van der Waals surface area contributed by atoms with E-state index < -0.39 is 0 Å². The van der Waals surface area contributed by atoms with Crippen LogP contribution in [-0.2, 0) is 4.74 Å². The summed E-state index contributed by atoms with van der Waals surface area (Å²) in [5.74, 6) is 0.568. The Labute approximate surface area is 103 Å². The predicted octanol–water partition coefficient (Wildman–Crippen LogP) is 1.80. The molecule has 17 heavy (non-hydrogen) atoms. The van der Waals surface area contributed by atoms with Gasteiger partial charge >= 0.3 is 6.03 Å². The second-order valence-corrected chi connectivity index (χ2v) is 4.23. The van der Waals surface area contributed by atoms with Gasteiger partial charge in [-0.3, -0.25) is 0 Å². The number of piperidine rings is 1. The number of amides is 2. The fourth-order valence-corrected chi connectivity index (χ4v) is 1.89. The fourth-order valence-electron chi connectivity index (χ4n) is 1.89. The summed E-state index contributed by atoms with van der Waals surface area (Å²) in [5, 5.41) is 2.79. The van der Waals surface area contributed by atoms with Crippen LogP contribution in [0.15, 0.2) is 25.3 Å². The Bertz CT molecular complexity index is 258. The van der Waals surface area contributed by atoms with Crippen molar-refractivity contribution in [3.63, 3.8) is 0 Å². The molecule has 0 unspecified atom stereocenters. The van der Waals surface area contributed by atoms with Crippen molar-refractivity contribution in [2.45, 2.75) is 12.8 Å². The summed E-state index contributed by atoms with van der Waals surface area (Å²) in [6, 6.07) is 0.00959. The monoisotopic (exact) mass is 238 g/mol. The molecule has 0 aromatic carbocycles. The van der Waals surface area contributed by atoms with Crippen LogP contribution in [0.25, 0.3) is 0 Å². The van der Waals surface area contributed by atoms with Crippen LogP contribution < -0.4 is 5.32 Å². The largest absolute Gasteiger partial charge is 0.377 e. The van der Waals surface area contributed by atoms with E-state index in [1.165, 1.54) is 0 Å². The number of carbonyl (C=O) groups excluding carboxylic acids is 1. The number of urea groups is 1. The molecule has 1 N–H and O–H groups in total. The Balaban J connectivity index is 2.18. The van der Waals surface area contributed by atoms with Gasteiger partial charge in [0, 0.05) is 26.2 Å². The van der Waals surface area contributed by atoms with Crippen LogP contribution in [0.1, 0.15) is 12.8 Å². The van der Waals surface area contributed by atoms with Crippen LogP contribution in [0.2, 0.25) is 0 Å². The van der Waals surface area contributed by atoms with Crippen molar-refractivity contribution < 1.29 is 9.53 Å². The van der Waals surface area contributed by atoms with Gasteiger partial charge in [-0.15, -0.1) is 13.2 Å². The Morgan fingerprint density at radius 1 is 1.35 bits per heavy atom. The zero-order valence-electron chi connectivity index (χ0n) is 10.4. The highest BCUT2D eigenvalue weighted by atomic mass is 16.5. The zero-order valence-corrected chi connectivity index (χ0v) is 10.4. The molecule has 0 bridgehead atoms. The Hall–Kier alpha value is -1.29. The predicted molar refractivity (Wildman–Crippen MR) is 68.9 cm³/mol. The Kier molecular flexibility index (Phi) is 6.40. The van der Waals surface area contributed by atoms with Gasteiger partial charge in [0.15, 0.2) is 0 Å². The van der Waals surface area contributed by atoms with E-state index in [0.717, 1.165) is 32.5 Å². The molecule has 1 aliphatic rings. The second-order valence-electron chi connectivity index (χ2n) is 4.23. The van der Waals surface area contributed by atoms with Gasteiger partial charge in [0.25, 0.3) is 0 Å². The van der Waals surface area contributed by atoms with Crippen LogP contribution in [0.3, 0.4) is 0 Å². The number of likely N-dealkylation sites (tertiary alicyclic amines) is 1. The lowest BCUT2D eigenvalue weighted by Crippen LogP contribution is -2.45. The van der Waals surface area contributed by atoms with Gasteiger partial charge < -0.3 is 15.0 Å². The van der Waals surface area contributed by atoms with E-state index in [0.29, 0.717) is 19.1 Å². The molecule has 0 radical (unpaired) electrons. The lowest BCUT2D eigenvalue weighted by molar-refractivity contribution is 0.0888. The molecule has 0 aliphatic carbocycles. The second kappa shape index (κ2) is 7.90. The van der Waals surface area contributed by atoms with Gasteiger partial charge in [-0.25, -0.2) is 4.79 Å². The molecule has 0 aromatic heterocycles. The molecular formula is C13H22N2O2. The molecule has 1 heterocycles. The minimum atomic E-state index is 0.00959. The third-order valence-corrected chi connectivity index (χ3v) is 2.89. The zero-order chi connectivity index (χ0) is 12.5. The molecule has 0 saturated carbocycles. The first-order chi connectivity index (χ1) is 8.27. The molecule has 0 spiro atoms. The summed E-state index contributed by atoms with van der Waals surface area (Å²) in [6.07, 6.45) is 5.48. The summed E-state index contributed by atoms with van der Waals surface area (Å²) < 4.78 is 5.43. The van der Waals surface area contributed by atoms with E-state index in [4.69, 9.17) is 4.74 Å². The molecule has 1 aliphatic heterocycles. The average molecular weight is 238 g/mol. The van der Waals surface area contributed by atoms with Gasteiger partial charge in [0.2, 0.25) is 0 Å². The topological polar surface area (TPSA) is 41.6 Å². The maximum Gasteiger partial charge on any atom is 0.317 e. The minimum Gasteiger partial charge on any atom is -0.377 e. The summed E-state index contributed by atoms with van der Waals surface area (Å²) in [6.45, 7) is 10.7. The van der Waals surface area contributed by atoms with Crippen molar-refractivity contribution in [3.05, 3.63) is 25.3 Å². The Morgan fingerprint density at radius 3 is 2.65 bits per heavy atom. The molecule has 0 aromatic rings. The van der Waals surface area contributed by atoms with Crippen molar-refractivity contribution in [1.82, 2.24) is 10.2 Å². The quantitative estimate of drug-likeness (QED) is 0.566. The molecule has 4 heteroatoms. The summed E-state index contributed by atoms with van der Waals surface area (Å²) in [5.41, 5.74) is 0.